The summed E-state index contributed by atoms with van der Waals surface area (Å²) < 4.78 is 9.97. The number of hydrogen-bond donors (Lipinski definition) is 1. The van der Waals surface area contributed by atoms with Gasteiger partial charge in [-0.2, -0.15) is 0 Å². The van der Waals surface area contributed by atoms with Gasteiger partial charge in [0.2, 0.25) is 0 Å². The first-order valence-electron chi connectivity index (χ1n) is 6.74. The van der Waals surface area contributed by atoms with Crippen molar-refractivity contribution in [3.05, 3.63) is 35.9 Å². The average molecular weight is 279 g/mol. The summed E-state index contributed by atoms with van der Waals surface area (Å²) >= 11 is 0. The van der Waals surface area contributed by atoms with Crippen molar-refractivity contribution in [3.8, 4) is 0 Å². The van der Waals surface area contributed by atoms with Gasteiger partial charge in [0.05, 0.1) is 13.2 Å². The molecule has 110 valence electrons. The summed E-state index contributed by atoms with van der Waals surface area (Å²) in [7, 11) is 0. The second kappa shape index (κ2) is 8.32. The molecule has 1 N–H and O–H groups in total. The molecule has 20 heavy (non-hydrogen) atoms. The van der Waals surface area contributed by atoms with Crippen LogP contribution in [0.4, 0.5) is 0 Å². The van der Waals surface area contributed by atoms with Gasteiger partial charge in [0.25, 0.3) is 0 Å². The lowest BCUT2D eigenvalue weighted by atomic mass is 10.1. The Kier molecular flexibility index (Phi) is 6.73. The molecule has 0 spiro atoms. The van der Waals surface area contributed by atoms with Crippen LogP contribution in [0, 0.1) is 0 Å². The third-order valence-corrected chi connectivity index (χ3v) is 2.71. The lowest BCUT2D eigenvalue weighted by Gasteiger charge is -2.21. The summed E-state index contributed by atoms with van der Waals surface area (Å²) in [6.45, 7) is 5.74. The van der Waals surface area contributed by atoms with Crippen LogP contribution in [0.15, 0.2) is 30.3 Å². The number of hydrogen-bond acceptors (Lipinski definition) is 5. The van der Waals surface area contributed by atoms with E-state index in [-0.39, 0.29) is 6.61 Å². The fourth-order valence-corrected chi connectivity index (χ4v) is 1.76. The Hall–Kier alpha value is -1.88. The predicted octanol–water partition coefficient (Wildman–Crippen LogP) is 1.83. The Labute approximate surface area is 119 Å². The van der Waals surface area contributed by atoms with E-state index in [4.69, 9.17) is 9.47 Å². The van der Waals surface area contributed by atoms with Gasteiger partial charge in [-0.05, 0) is 26.3 Å². The van der Waals surface area contributed by atoms with Crippen LogP contribution >= 0.6 is 0 Å². The Balaban J connectivity index is 2.83. The molecule has 1 rings (SSSR count). The molecule has 0 heterocycles. The van der Waals surface area contributed by atoms with E-state index in [9.17, 15) is 9.59 Å². The van der Waals surface area contributed by atoms with Gasteiger partial charge < -0.3 is 9.47 Å². The van der Waals surface area contributed by atoms with E-state index in [1.807, 2.05) is 30.3 Å². The Bertz CT molecular complexity index is 433. The lowest BCUT2D eigenvalue weighted by molar-refractivity contribution is -0.148. The van der Waals surface area contributed by atoms with Crippen molar-refractivity contribution < 1.29 is 19.1 Å². The number of benzene rings is 1. The number of rotatable bonds is 7. The Morgan fingerprint density at radius 3 is 2.15 bits per heavy atom. The Morgan fingerprint density at radius 1 is 1.05 bits per heavy atom. The smallest absolute Gasteiger partial charge is 0.327 e. The highest BCUT2D eigenvalue weighted by Gasteiger charge is 2.26. The molecule has 0 saturated heterocycles. The summed E-state index contributed by atoms with van der Waals surface area (Å²) in [5.41, 5.74) is 0.752. The van der Waals surface area contributed by atoms with Crippen molar-refractivity contribution in [2.75, 3.05) is 13.2 Å². The first-order valence-corrected chi connectivity index (χ1v) is 6.74. The van der Waals surface area contributed by atoms with Crippen LogP contribution in [0.1, 0.15) is 32.4 Å². The summed E-state index contributed by atoms with van der Waals surface area (Å²) in [5, 5.41) is 2.95. The zero-order chi connectivity index (χ0) is 15.0. The zero-order valence-electron chi connectivity index (χ0n) is 12.1. The maximum absolute atomic E-state index is 12.0. The van der Waals surface area contributed by atoms with Crippen molar-refractivity contribution in [1.82, 2.24) is 5.32 Å². The van der Waals surface area contributed by atoms with E-state index < -0.39 is 24.0 Å². The van der Waals surface area contributed by atoms with E-state index in [1.165, 1.54) is 0 Å². The van der Waals surface area contributed by atoms with Gasteiger partial charge in [0, 0.05) is 0 Å². The summed E-state index contributed by atoms with van der Waals surface area (Å²) in [6.07, 6.45) is 0. The van der Waals surface area contributed by atoms with Crippen molar-refractivity contribution in [1.29, 1.82) is 0 Å². The fourth-order valence-electron chi connectivity index (χ4n) is 1.76. The van der Waals surface area contributed by atoms with Gasteiger partial charge in [-0.3, -0.25) is 10.1 Å². The number of carbonyl (C=O) groups excluding carboxylic acids is 2. The third kappa shape index (κ3) is 4.66. The van der Waals surface area contributed by atoms with Gasteiger partial charge >= 0.3 is 11.9 Å². The summed E-state index contributed by atoms with van der Waals surface area (Å²) in [4.78, 5) is 23.7. The van der Waals surface area contributed by atoms with Gasteiger partial charge in [-0.15, -0.1) is 0 Å². The molecule has 5 heteroatoms. The van der Waals surface area contributed by atoms with E-state index in [2.05, 4.69) is 5.32 Å². The molecule has 1 aromatic carbocycles. The normalized spacial score (nSPS) is 13.3. The van der Waals surface area contributed by atoms with Gasteiger partial charge in [0.1, 0.15) is 12.1 Å². The highest BCUT2D eigenvalue weighted by atomic mass is 16.5. The Morgan fingerprint density at radius 2 is 1.60 bits per heavy atom. The molecule has 0 aromatic heterocycles. The van der Waals surface area contributed by atoms with Gasteiger partial charge in [-0.1, -0.05) is 30.3 Å². The minimum absolute atomic E-state index is 0.289. The maximum atomic E-state index is 12.0. The van der Waals surface area contributed by atoms with Crippen LogP contribution in [0.2, 0.25) is 0 Å². The van der Waals surface area contributed by atoms with E-state index in [1.54, 1.807) is 20.8 Å². The first-order chi connectivity index (χ1) is 9.60. The quantitative estimate of drug-likeness (QED) is 0.771. The molecule has 0 aliphatic heterocycles. The molecule has 0 aliphatic carbocycles. The monoisotopic (exact) mass is 279 g/mol. The molecule has 0 bridgehead atoms. The minimum atomic E-state index is -0.685. The number of carbonyl (C=O) groups is 2. The molecular formula is C15H21NO4. The first kappa shape index (κ1) is 16.2. The van der Waals surface area contributed by atoms with Crippen molar-refractivity contribution in [2.24, 2.45) is 0 Å². The summed E-state index contributed by atoms with van der Waals surface area (Å²) in [6, 6.07) is 7.87. The van der Waals surface area contributed by atoms with Crippen LogP contribution < -0.4 is 5.32 Å². The molecule has 0 aliphatic rings. The molecular weight excluding hydrogens is 258 g/mol. The highest BCUT2D eigenvalue weighted by molar-refractivity contribution is 5.80. The maximum Gasteiger partial charge on any atom is 0.327 e. The number of ether oxygens (including phenoxy) is 2. The van der Waals surface area contributed by atoms with Crippen molar-refractivity contribution >= 4 is 11.9 Å². The second-order valence-electron chi connectivity index (χ2n) is 4.24. The second-order valence-corrected chi connectivity index (χ2v) is 4.24. The number of nitrogens with one attached hydrogen (secondary N) is 1. The molecule has 0 radical (unpaired) electrons. The van der Waals surface area contributed by atoms with Gasteiger partial charge in [-0.25, -0.2) is 4.79 Å². The molecule has 2 unspecified atom stereocenters. The van der Waals surface area contributed by atoms with Crippen molar-refractivity contribution in [2.45, 2.75) is 32.9 Å². The van der Waals surface area contributed by atoms with E-state index in [0.29, 0.717) is 6.61 Å². The van der Waals surface area contributed by atoms with Crippen LogP contribution in [0.25, 0.3) is 0 Å². The van der Waals surface area contributed by atoms with Crippen LogP contribution in [-0.2, 0) is 19.1 Å². The average Bonchev–Trinajstić information content (AvgIpc) is 2.45. The molecule has 0 fully saturated rings. The van der Waals surface area contributed by atoms with Gasteiger partial charge in [0.15, 0.2) is 0 Å². The number of esters is 2. The molecule has 5 nitrogen and oxygen atoms in total. The van der Waals surface area contributed by atoms with E-state index in [0.717, 1.165) is 5.56 Å². The largest absolute Gasteiger partial charge is 0.465 e. The van der Waals surface area contributed by atoms with E-state index >= 15 is 0 Å². The van der Waals surface area contributed by atoms with Crippen molar-refractivity contribution in [3.63, 3.8) is 0 Å². The topological polar surface area (TPSA) is 64.6 Å². The predicted molar refractivity (Wildman–Crippen MR) is 75.0 cm³/mol. The van der Waals surface area contributed by atoms with Crippen LogP contribution in [0.3, 0.4) is 0 Å². The molecule has 2 atom stereocenters. The fraction of sp³-hybridized carbons (Fsp3) is 0.467. The lowest BCUT2D eigenvalue weighted by Crippen LogP contribution is -2.41. The highest BCUT2D eigenvalue weighted by Crippen LogP contribution is 2.15. The van der Waals surface area contributed by atoms with Crippen LogP contribution in [-0.4, -0.2) is 31.2 Å². The zero-order valence-corrected chi connectivity index (χ0v) is 12.1. The summed E-state index contributed by atoms with van der Waals surface area (Å²) in [5.74, 6) is -0.799. The standard InChI is InChI=1S/C15H21NO4/c1-4-19-14(17)11(3)16-13(15(18)20-5-2)12-9-7-6-8-10-12/h6-11,13,16H,4-5H2,1-3H3. The molecule has 1 aromatic rings. The SMILES string of the molecule is CCOC(=O)C(C)NC(C(=O)OCC)c1ccccc1. The third-order valence-electron chi connectivity index (χ3n) is 2.71. The minimum Gasteiger partial charge on any atom is -0.465 e. The van der Waals surface area contributed by atoms with Crippen LogP contribution in [0.5, 0.6) is 0 Å². The molecule has 0 saturated carbocycles. The molecule has 0 amide bonds.